The van der Waals surface area contributed by atoms with Gasteiger partial charge in [0.2, 0.25) is 0 Å². The van der Waals surface area contributed by atoms with Crippen LogP contribution in [0.5, 0.6) is 5.75 Å². The van der Waals surface area contributed by atoms with Crippen LogP contribution in [-0.2, 0) is 6.54 Å². The zero-order valence-electron chi connectivity index (χ0n) is 16.7. The summed E-state index contributed by atoms with van der Waals surface area (Å²) in [4.78, 5) is 20.4. The van der Waals surface area contributed by atoms with E-state index in [4.69, 9.17) is 9.15 Å². The maximum atomic E-state index is 12.4. The van der Waals surface area contributed by atoms with Crippen molar-refractivity contribution in [1.82, 2.24) is 19.7 Å². The molecule has 0 aliphatic rings. The van der Waals surface area contributed by atoms with Gasteiger partial charge in [-0.3, -0.25) is 9.48 Å². The van der Waals surface area contributed by atoms with Gasteiger partial charge in [0, 0.05) is 6.07 Å². The van der Waals surface area contributed by atoms with Gasteiger partial charge in [-0.25, -0.2) is 4.98 Å². The summed E-state index contributed by atoms with van der Waals surface area (Å²) in [5.74, 6) is 1.71. The van der Waals surface area contributed by atoms with Crippen molar-refractivity contribution in [2.45, 2.75) is 6.54 Å². The Balaban J connectivity index is 1.51. The first kappa shape index (κ1) is 18.7. The molecule has 31 heavy (non-hydrogen) atoms. The average Bonchev–Trinajstić information content (AvgIpc) is 3.54. The molecule has 0 unspecified atom stereocenters. The number of hydrogen-bond donors (Lipinski definition) is 2. The fraction of sp³-hybridized carbons (Fsp3) is 0.0870. The van der Waals surface area contributed by atoms with Gasteiger partial charge in [-0.15, -0.1) is 0 Å². The van der Waals surface area contributed by atoms with Crippen molar-refractivity contribution in [3.63, 3.8) is 0 Å². The fourth-order valence-corrected chi connectivity index (χ4v) is 3.35. The van der Waals surface area contributed by atoms with E-state index >= 15 is 0 Å². The third-order valence-corrected chi connectivity index (χ3v) is 4.89. The molecule has 0 aliphatic carbocycles. The summed E-state index contributed by atoms with van der Waals surface area (Å²) >= 11 is 0. The first-order chi connectivity index (χ1) is 15.2. The molecule has 0 fully saturated rings. The van der Waals surface area contributed by atoms with Gasteiger partial charge in [0.25, 0.3) is 5.91 Å². The summed E-state index contributed by atoms with van der Waals surface area (Å²) in [5, 5.41) is 7.38. The molecular formula is C23H19N5O3. The Labute approximate surface area is 177 Å². The molecule has 3 aromatic heterocycles. The van der Waals surface area contributed by atoms with Crippen LogP contribution in [0.3, 0.4) is 0 Å². The second-order valence-corrected chi connectivity index (χ2v) is 6.95. The summed E-state index contributed by atoms with van der Waals surface area (Å²) in [6, 6.07) is 20.6. The number of hydrogen-bond acceptors (Lipinski definition) is 5. The largest absolute Gasteiger partial charge is 0.497 e. The van der Waals surface area contributed by atoms with Crippen molar-refractivity contribution >= 4 is 22.8 Å². The number of benzene rings is 2. The van der Waals surface area contributed by atoms with Crippen molar-refractivity contribution in [3.8, 4) is 17.3 Å². The molecule has 0 radical (unpaired) electrons. The summed E-state index contributed by atoms with van der Waals surface area (Å²) in [6.07, 6.45) is 1.46. The molecule has 0 spiro atoms. The third kappa shape index (κ3) is 3.78. The first-order valence-electron chi connectivity index (χ1n) is 9.70. The molecule has 0 bridgehead atoms. The molecule has 2 aromatic carbocycles. The van der Waals surface area contributed by atoms with E-state index < -0.39 is 0 Å². The van der Waals surface area contributed by atoms with E-state index in [0.717, 1.165) is 28.0 Å². The highest BCUT2D eigenvalue weighted by molar-refractivity contribution is 6.01. The lowest BCUT2D eigenvalue weighted by molar-refractivity contribution is 0.0996. The lowest BCUT2D eigenvalue weighted by atomic mass is 10.2. The Morgan fingerprint density at radius 1 is 1.13 bits per heavy atom. The molecule has 0 saturated carbocycles. The van der Waals surface area contributed by atoms with E-state index in [-0.39, 0.29) is 11.7 Å². The molecule has 2 N–H and O–H groups in total. The number of carbonyl (C=O) groups is 1. The molecular weight excluding hydrogens is 394 g/mol. The highest BCUT2D eigenvalue weighted by atomic mass is 16.5. The quantitative estimate of drug-likeness (QED) is 0.432. The highest BCUT2D eigenvalue weighted by Gasteiger charge is 2.17. The average molecular weight is 413 g/mol. The van der Waals surface area contributed by atoms with Crippen molar-refractivity contribution in [3.05, 3.63) is 84.3 Å². The zero-order chi connectivity index (χ0) is 21.2. The minimum atomic E-state index is -0.366. The highest BCUT2D eigenvalue weighted by Crippen LogP contribution is 2.25. The predicted octanol–water partition coefficient (Wildman–Crippen LogP) is 4.33. The number of ether oxygens (including phenoxy) is 1. The number of nitrogens with one attached hydrogen (secondary N) is 2. The molecule has 8 heteroatoms. The summed E-state index contributed by atoms with van der Waals surface area (Å²) in [6.45, 7) is 0.493. The number of aromatic nitrogens is 4. The molecule has 5 aromatic rings. The standard InChI is InChI=1S/C23H19N5O3/c1-30-16-10-8-15(9-11-16)14-28-19(22-24-17-5-2-3-6-18(17)25-22)13-21(27-28)26-23(29)20-7-4-12-31-20/h2-13H,14H2,1H3,(H,24,25)(H,26,27,29). The SMILES string of the molecule is COc1ccc(Cn2nc(NC(=O)c3ccco3)cc2-c2nc3ccccc3[nH]2)cc1. The number of imidazole rings is 1. The zero-order valence-corrected chi connectivity index (χ0v) is 16.7. The number of carbonyl (C=O) groups excluding carboxylic acids is 1. The number of anilines is 1. The maximum absolute atomic E-state index is 12.4. The number of methoxy groups -OCH3 is 1. The lowest BCUT2D eigenvalue weighted by Crippen LogP contribution is -2.12. The van der Waals surface area contributed by atoms with E-state index in [2.05, 4.69) is 20.4 Å². The summed E-state index contributed by atoms with van der Waals surface area (Å²) in [5.41, 5.74) is 3.57. The summed E-state index contributed by atoms with van der Waals surface area (Å²) < 4.78 is 12.2. The maximum Gasteiger partial charge on any atom is 0.292 e. The Morgan fingerprint density at radius 3 is 2.71 bits per heavy atom. The van der Waals surface area contributed by atoms with Crippen LogP contribution in [0.15, 0.2) is 77.4 Å². The molecule has 154 valence electrons. The second-order valence-electron chi connectivity index (χ2n) is 6.95. The van der Waals surface area contributed by atoms with E-state index in [0.29, 0.717) is 18.2 Å². The van der Waals surface area contributed by atoms with Gasteiger partial charge < -0.3 is 19.5 Å². The second kappa shape index (κ2) is 7.83. The van der Waals surface area contributed by atoms with Gasteiger partial charge in [0.1, 0.15) is 11.4 Å². The van der Waals surface area contributed by atoms with Crippen molar-refractivity contribution < 1.29 is 13.9 Å². The smallest absolute Gasteiger partial charge is 0.292 e. The van der Waals surface area contributed by atoms with Gasteiger partial charge >= 0.3 is 0 Å². The molecule has 0 atom stereocenters. The number of amides is 1. The monoisotopic (exact) mass is 413 g/mol. The molecule has 1 amide bonds. The van der Waals surface area contributed by atoms with Gasteiger partial charge in [0.05, 0.1) is 31.0 Å². The van der Waals surface area contributed by atoms with E-state index in [1.807, 2.05) is 48.5 Å². The van der Waals surface area contributed by atoms with E-state index in [1.165, 1.54) is 6.26 Å². The molecule has 3 heterocycles. The van der Waals surface area contributed by atoms with Crippen LogP contribution in [0.4, 0.5) is 5.82 Å². The number of fused-ring (bicyclic) bond motifs is 1. The normalized spacial score (nSPS) is 11.0. The van der Waals surface area contributed by atoms with Crippen LogP contribution >= 0.6 is 0 Å². The Morgan fingerprint density at radius 2 is 1.97 bits per heavy atom. The summed E-state index contributed by atoms with van der Waals surface area (Å²) in [7, 11) is 1.64. The number of aromatic amines is 1. The number of rotatable bonds is 6. The van der Waals surface area contributed by atoms with Crippen LogP contribution in [-0.4, -0.2) is 32.8 Å². The van der Waals surface area contributed by atoms with E-state index in [9.17, 15) is 4.79 Å². The Hall–Kier alpha value is -4.33. The van der Waals surface area contributed by atoms with Crippen LogP contribution in [0.25, 0.3) is 22.6 Å². The van der Waals surface area contributed by atoms with Gasteiger partial charge in [0.15, 0.2) is 17.4 Å². The molecule has 8 nitrogen and oxygen atoms in total. The third-order valence-electron chi connectivity index (χ3n) is 4.89. The number of para-hydroxylation sites is 2. The Bertz CT molecular complexity index is 1300. The van der Waals surface area contributed by atoms with Crippen molar-refractivity contribution in [2.75, 3.05) is 12.4 Å². The van der Waals surface area contributed by atoms with Crippen LogP contribution in [0.1, 0.15) is 16.1 Å². The van der Waals surface area contributed by atoms with Gasteiger partial charge in [-0.1, -0.05) is 24.3 Å². The van der Waals surface area contributed by atoms with Crippen molar-refractivity contribution in [2.24, 2.45) is 0 Å². The van der Waals surface area contributed by atoms with Crippen LogP contribution < -0.4 is 10.1 Å². The number of nitrogens with zero attached hydrogens (tertiary/aromatic N) is 3. The van der Waals surface area contributed by atoms with Gasteiger partial charge in [-0.2, -0.15) is 5.10 Å². The first-order valence-corrected chi connectivity index (χ1v) is 9.70. The molecule has 0 saturated heterocycles. The van der Waals surface area contributed by atoms with Crippen LogP contribution in [0.2, 0.25) is 0 Å². The lowest BCUT2D eigenvalue weighted by Gasteiger charge is -2.07. The van der Waals surface area contributed by atoms with Crippen LogP contribution in [0, 0.1) is 0 Å². The van der Waals surface area contributed by atoms with Gasteiger partial charge in [-0.05, 0) is 42.0 Å². The topological polar surface area (TPSA) is 98.0 Å². The predicted molar refractivity (Wildman–Crippen MR) is 116 cm³/mol. The molecule has 0 aliphatic heterocycles. The minimum Gasteiger partial charge on any atom is -0.497 e. The van der Waals surface area contributed by atoms with Crippen molar-refractivity contribution in [1.29, 1.82) is 0 Å². The fourth-order valence-electron chi connectivity index (χ4n) is 3.35. The number of H-pyrrole nitrogens is 1. The minimum absolute atomic E-state index is 0.218. The molecule has 5 rings (SSSR count). The Kier molecular flexibility index (Phi) is 4.72. The number of furan rings is 1. The van der Waals surface area contributed by atoms with E-state index in [1.54, 1.807) is 30.0 Å².